The highest BCUT2D eigenvalue weighted by Crippen LogP contribution is 2.25. The van der Waals surface area contributed by atoms with E-state index in [4.69, 9.17) is 21.1 Å². The summed E-state index contributed by atoms with van der Waals surface area (Å²) in [4.78, 5) is 12.1. The predicted octanol–water partition coefficient (Wildman–Crippen LogP) is 3.77. The number of amides is 1. The first-order valence-electron chi connectivity index (χ1n) is 7.33. The van der Waals surface area contributed by atoms with Crippen LogP contribution in [0.5, 0.6) is 11.5 Å². The summed E-state index contributed by atoms with van der Waals surface area (Å²) in [6, 6.07) is 10.9. The van der Waals surface area contributed by atoms with E-state index in [0.717, 1.165) is 21.9 Å². The Morgan fingerprint density at radius 3 is 2.48 bits per heavy atom. The topological polar surface area (TPSA) is 47.6 Å². The van der Waals surface area contributed by atoms with Crippen LogP contribution in [0.1, 0.15) is 21.5 Å². The van der Waals surface area contributed by atoms with Crippen molar-refractivity contribution in [3.8, 4) is 11.5 Å². The molecule has 122 valence electrons. The molecule has 0 aliphatic heterocycles. The smallest absolute Gasteiger partial charge is 0.255 e. The van der Waals surface area contributed by atoms with E-state index < -0.39 is 0 Å². The molecule has 0 fully saturated rings. The minimum atomic E-state index is -0.186. The molecule has 0 unspecified atom stereocenters. The third kappa shape index (κ3) is 4.39. The Morgan fingerprint density at radius 1 is 1.17 bits per heavy atom. The Hall–Kier alpha value is -2.20. The van der Waals surface area contributed by atoms with E-state index >= 15 is 0 Å². The Bertz CT molecular complexity index is 677. The van der Waals surface area contributed by atoms with Crippen LogP contribution in [-0.4, -0.2) is 26.2 Å². The summed E-state index contributed by atoms with van der Waals surface area (Å²) in [5.74, 6) is 1.11. The first kappa shape index (κ1) is 17.2. The van der Waals surface area contributed by atoms with Crippen molar-refractivity contribution < 1.29 is 14.3 Å². The van der Waals surface area contributed by atoms with Crippen LogP contribution < -0.4 is 14.8 Å². The lowest BCUT2D eigenvalue weighted by atomic mass is 10.1. The fourth-order valence-electron chi connectivity index (χ4n) is 2.25. The van der Waals surface area contributed by atoms with Crippen molar-refractivity contribution in [2.75, 3.05) is 20.3 Å². The number of halogens is 1. The second-order valence-electron chi connectivity index (χ2n) is 5.18. The zero-order valence-electron chi connectivity index (χ0n) is 13.5. The lowest BCUT2D eigenvalue weighted by molar-refractivity contribution is 0.0944. The molecule has 0 aliphatic carbocycles. The molecular formula is C18H20ClNO3. The zero-order chi connectivity index (χ0) is 16.8. The molecule has 0 aliphatic rings. The van der Waals surface area contributed by atoms with Gasteiger partial charge in [-0.15, -0.1) is 0 Å². The average Bonchev–Trinajstić information content (AvgIpc) is 2.56. The molecule has 0 radical (unpaired) electrons. The van der Waals surface area contributed by atoms with Gasteiger partial charge in [-0.05, 0) is 49.2 Å². The predicted molar refractivity (Wildman–Crippen MR) is 91.7 cm³/mol. The molecule has 0 heterocycles. The highest BCUT2D eigenvalue weighted by atomic mass is 35.5. The molecule has 1 N–H and O–H groups in total. The molecule has 0 aromatic heterocycles. The fourth-order valence-corrected chi connectivity index (χ4v) is 2.36. The van der Waals surface area contributed by atoms with Gasteiger partial charge in [0, 0.05) is 5.02 Å². The summed E-state index contributed by atoms with van der Waals surface area (Å²) in [6.07, 6.45) is 0. The van der Waals surface area contributed by atoms with E-state index in [0.29, 0.717) is 24.5 Å². The maximum absolute atomic E-state index is 12.1. The number of nitrogens with one attached hydrogen (secondary N) is 1. The first-order chi connectivity index (χ1) is 11.0. The quantitative estimate of drug-likeness (QED) is 0.818. The van der Waals surface area contributed by atoms with Crippen LogP contribution in [0, 0.1) is 13.8 Å². The van der Waals surface area contributed by atoms with Crippen LogP contribution >= 0.6 is 11.6 Å². The summed E-state index contributed by atoms with van der Waals surface area (Å²) in [5, 5.41) is 3.57. The maximum atomic E-state index is 12.1. The van der Waals surface area contributed by atoms with Crippen molar-refractivity contribution in [3.05, 3.63) is 58.1 Å². The van der Waals surface area contributed by atoms with Crippen LogP contribution in [0.15, 0.2) is 36.4 Å². The van der Waals surface area contributed by atoms with E-state index in [-0.39, 0.29) is 5.91 Å². The molecule has 23 heavy (non-hydrogen) atoms. The molecule has 1 amide bonds. The summed E-state index contributed by atoms with van der Waals surface area (Å²) in [5.41, 5.74) is 2.45. The van der Waals surface area contributed by atoms with Crippen LogP contribution in [-0.2, 0) is 0 Å². The summed E-state index contributed by atoms with van der Waals surface area (Å²) < 4.78 is 10.8. The molecule has 0 spiro atoms. The van der Waals surface area contributed by atoms with Gasteiger partial charge in [-0.2, -0.15) is 0 Å². The van der Waals surface area contributed by atoms with E-state index in [2.05, 4.69) is 5.32 Å². The van der Waals surface area contributed by atoms with Gasteiger partial charge in [-0.1, -0.05) is 23.7 Å². The third-order valence-electron chi connectivity index (χ3n) is 3.42. The number of aryl methyl sites for hydroxylation is 2. The summed E-state index contributed by atoms with van der Waals surface area (Å²) in [6.45, 7) is 4.65. The van der Waals surface area contributed by atoms with Gasteiger partial charge >= 0.3 is 0 Å². The van der Waals surface area contributed by atoms with Crippen molar-refractivity contribution in [1.29, 1.82) is 0 Å². The Balaban J connectivity index is 1.87. The van der Waals surface area contributed by atoms with Crippen LogP contribution in [0.4, 0.5) is 0 Å². The van der Waals surface area contributed by atoms with E-state index in [9.17, 15) is 4.79 Å². The van der Waals surface area contributed by atoms with E-state index in [1.165, 1.54) is 0 Å². The minimum absolute atomic E-state index is 0.186. The Kier molecular flexibility index (Phi) is 5.88. The monoisotopic (exact) mass is 333 g/mol. The van der Waals surface area contributed by atoms with Gasteiger partial charge in [-0.3, -0.25) is 4.79 Å². The van der Waals surface area contributed by atoms with Crippen LogP contribution in [0.25, 0.3) is 0 Å². The maximum Gasteiger partial charge on any atom is 0.255 e. The number of ether oxygens (including phenoxy) is 2. The normalized spacial score (nSPS) is 10.3. The highest BCUT2D eigenvalue weighted by molar-refractivity contribution is 6.32. The number of rotatable bonds is 6. The third-order valence-corrected chi connectivity index (χ3v) is 4.01. The fraction of sp³-hybridized carbons (Fsp3) is 0.278. The standard InChI is InChI=1S/C18H20ClNO3/c1-12-10-14(11-13(2)17(12)19)23-9-8-20-18(21)15-6-4-5-7-16(15)22-3/h4-7,10-11H,8-9H2,1-3H3,(H,20,21). The number of methoxy groups -OCH3 is 1. The Morgan fingerprint density at radius 2 is 1.83 bits per heavy atom. The first-order valence-corrected chi connectivity index (χ1v) is 7.71. The van der Waals surface area contributed by atoms with Gasteiger partial charge in [-0.25, -0.2) is 0 Å². The van der Waals surface area contributed by atoms with Crippen molar-refractivity contribution in [2.24, 2.45) is 0 Å². The minimum Gasteiger partial charge on any atom is -0.496 e. The van der Waals surface area contributed by atoms with Crippen molar-refractivity contribution >= 4 is 17.5 Å². The molecule has 2 aromatic rings. The van der Waals surface area contributed by atoms with Gasteiger partial charge in [0.15, 0.2) is 0 Å². The second kappa shape index (κ2) is 7.88. The molecule has 5 heteroatoms. The molecule has 2 rings (SSSR count). The van der Waals surface area contributed by atoms with Gasteiger partial charge in [0.1, 0.15) is 18.1 Å². The number of benzene rings is 2. The SMILES string of the molecule is COc1ccccc1C(=O)NCCOc1cc(C)c(Cl)c(C)c1. The molecule has 0 saturated carbocycles. The lowest BCUT2D eigenvalue weighted by Crippen LogP contribution is -2.28. The number of carbonyl (C=O) groups excluding carboxylic acids is 1. The van der Waals surface area contributed by atoms with Gasteiger partial charge in [0.2, 0.25) is 0 Å². The van der Waals surface area contributed by atoms with E-state index in [1.807, 2.05) is 32.0 Å². The van der Waals surface area contributed by atoms with E-state index in [1.54, 1.807) is 25.3 Å². The highest BCUT2D eigenvalue weighted by Gasteiger charge is 2.10. The molecular weight excluding hydrogens is 314 g/mol. The van der Waals surface area contributed by atoms with Gasteiger partial charge in [0.25, 0.3) is 5.91 Å². The van der Waals surface area contributed by atoms with Crippen molar-refractivity contribution in [1.82, 2.24) is 5.32 Å². The largest absolute Gasteiger partial charge is 0.496 e. The lowest BCUT2D eigenvalue weighted by Gasteiger charge is -2.11. The van der Waals surface area contributed by atoms with Gasteiger partial charge in [0.05, 0.1) is 19.2 Å². The molecule has 2 aromatic carbocycles. The summed E-state index contributed by atoms with van der Waals surface area (Å²) in [7, 11) is 1.54. The molecule has 0 atom stereocenters. The number of hydrogen-bond donors (Lipinski definition) is 1. The van der Waals surface area contributed by atoms with Crippen LogP contribution in [0.2, 0.25) is 5.02 Å². The zero-order valence-corrected chi connectivity index (χ0v) is 14.2. The Labute approximate surface area is 141 Å². The van der Waals surface area contributed by atoms with Gasteiger partial charge < -0.3 is 14.8 Å². The molecule has 4 nitrogen and oxygen atoms in total. The summed E-state index contributed by atoms with van der Waals surface area (Å²) >= 11 is 6.12. The van der Waals surface area contributed by atoms with Crippen LogP contribution in [0.3, 0.4) is 0 Å². The van der Waals surface area contributed by atoms with Crippen molar-refractivity contribution in [3.63, 3.8) is 0 Å². The van der Waals surface area contributed by atoms with Crippen molar-refractivity contribution in [2.45, 2.75) is 13.8 Å². The molecule has 0 saturated heterocycles. The second-order valence-corrected chi connectivity index (χ2v) is 5.55. The number of hydrogen-bond acceptors (Lipinski definition) is 3. The average molecular weight is 334 g/mol. The molecule has 0 bridgehead atoms. The number of carbonyl (C=O) groups is 1. The number of para-hydroxylation sites is 1.